The van der Waals surface area contributed by atoms with Crippen LogP contribution in [0.15, 0.2) is 59.8 Å². The van der Waals surface area contributed by atoms with E-state index >= 15 is 0 Å². The molecule has 2 N–H and O–H groups in total. The Hall–Kier alpha value is -3.88. The lowest BCUT2D eigenvalue weighted by atomic mass is 10.1. The number of anilines is 1. The Morgan fingerprint density at radius 2 is 2.13 bits per heavy atom. The number of hydrogen-bond donors (Lipinski definition) is 2. The second-order valence-electron chi connectivity index (χ2n) is 7.75. The number of nitrogens with one attached hydrogen (secondary N) is 1. The van der Waals surface area contributed by atoms with Crippen LogP contribution < -0.4 is 10.9 Å². The molecule has 4 heterocycles. The molecule has 1 saturated heterocycles. The van der Waals surface area contributed by atoms with Crippen molar-refractivity contribution in [2.75, 3.05) is 18.4 Å². The van der Waals surface area contributed by atoms with Crippen LogP contribution in [0.1, 0.15) is 12.1 Å². The molecule has 0 bridgehead atoms. The van der Waals surface area contributed by atoms with Gasteiger partial charge in [-0.05, 0) is 24.6 Å². The Labute approximate surface area is 177 Å². The molecule has 0 saturated carbocycles. The fourth-order valence-electron chi connectivity index (χ4n) is 4.11. The second kappa shape index (κ2) is 7.75. The molecule has 0 radical (unpaired) electrons. The Kier molecular flexibility index (Phi) is 4.78. The van der Waals surface area contributed by atoms with Gasteiger partial charge in [-0.1, -0.05) is 18.2 Å². The van der Waals surface area contributed by atoms with Crippen LogP contribution in [-0.2, 0) is 13.0 Å². The number of hydrogen-bond acceptors (Lipinski definition) is 5. The average molecular weight is 418 g/mol. The highest BCUT2D eigenvalue weighted by molar-refractivity contribution is 5.92. The third-order valence-electron chi connectivity index (χ3n) is 5.69. The van der Waals surface area contributed by atoms with E-state index in [1.54, 1.807) is 6.20 Å². The number of aryl methyl sites for hydroxylation is 2. The lowest BCUT2D eigenvalue weighted by Gasteiger charge is -2.16. The van der Waals surface area contributed by atoms with E-state index in [1.807, 2.05) is 53.2 Å². The molecule has 9 heteroatoms. The number of benzene rings is 1. The molecule has 0 unspecified atom stereocenters. The number of carbonyl (C=O) groups is 1. The van der Waals surface area contributed by atoms with Gasteiger partial charge >= 0.3 is 6.09 Å². The first-order valence-corrected chi connectivity index (χ1v) is 10.2. The SMILES string of the molecule is O=C(O)N1CC[C@@H](Nc2cccc3cnn(CCc4cn5ccccc5n4)c(=O)c23)C1. The van der Waals surface area contributed by atoms with Gasteiger partial charge in [-0.15, -0.1) is 0 Å². The van der Waals surface area contributed by atoms with Crippen molar-refractivity contribution < 1.29 is 9.90 Å². The van der Waals surface area contributed by atoms with Gasteiger partial charge in [0.1, 0.15) is 5.65 Å². The fourth-order valence-corrected chi connectivity index (χ4v) is 4.11. The van der Waals surface area contributed by atoms with Crippen molar-refractivity contribution in [1.29, 1.82) is 0 Å². The molecule has 158 valence electrons. The second-order valence-corrected chi connectivity index (χ2v) is 7.75. The number of imidazole rings is 1. The van der Waals surface area contributed by atoms with Gasteiger partial charge in [-0.2, -0.15) is 5.10 Å². The lowest BCUT2D eigenvalue weighted by molar-refractivity contribution is 0.155. The van der Waals surface area contributed by atoms with Crippen LogP contribution in [0, 0.1) is 0 Å². The van der Waals surface area contributed by atoms with Gasteiger partial charge in [0.2, 0.25) is 0 Å². The van der Waals surface area contributed by atoms with Crippen molar-refractivity contribution in [1.82, 2.24) is 24.1 Å². The van der Waals surface area contributed by atoms with Gasteiger partial charge in [0.05, 0.1) is 23.8 Å². The molecule has 4 aromatic rings. The maximum absolute atomic E-state index is 13.2. The molecule has 1 fully saturated rings. The largest absolute Gasteiger partial charge is 0.465 e. The summed E-state index contributed by atoms with van der Waals surface area (Å²) >= 11 is 0. The lowest BCUT2D eigenvalue weighted by Crippen LogP contribution is -2.30. The minimum absolute atomic E-state index is 0.0271. The van der Waals surface area contributed by atoms with E-state index < -0.39 is 6.09 Å². The van der Waals surface area contributed by atoms with E-state index in [1.165, 1.54) is 9.58 Å². The summed E-state index contributed by atoms with van der Waals surface area (Å²) in [6.07, 6.45) is 5.98. The van der Waals surface area contributed by atoms with Crippen LogP contribution in [0.3, 0.4) is 0 Å². The quantitative estimate of drug-likeness (QED) is 0.516. The van der Waals surface area contributed by atoms with Crippen molar-refractivity contribution in [2.45, 2.75) is 25.4 Å². The Morgan fingerprint density at radius 1 is 1.23 bits per heavy atom. The first kappa shape index (κ1) is 19.1. The molecule has 1 aliphatic rings. The summed E-state index contributed by atoms with van der Waals surface area (Å²) in [5.41, 5.74) is 2.31. The zero-order chi connectivity index (χ0) is 21.4. The van der Waals surface area contributed by atoms with Crippen LogP contribution in [0.4, 0.5) is 10.5 Å². The molecule has 1 aliphatic heterocycles. The summed E-state index contributed by atoms with van der Waals surface area (Å²) in [5, 5.41) is 18.2. The molecular formula is C22H22N6O3. The topological polar surface area (TPSA) is 105 Å². The first-order valence-electron chi connectivity index (χ1n) is 10.2. The average Bonchev–Trinajstić information content (AvgIpc) is 3.40. The summed E-state index contributed by atoms with van der Waals surface area (Å²) in [4.78, 5) is 30.4. The molecule has 1 aromatic carbocycles. The number of pyridine rings is 1. The van der Waals surface area contributed by atoms with Gasteiger partial charge in [-0.3, -0.25) is 4.79 Å². The van der Waals surface area contributed by atoms with Crippen molar-refractivity contribution in [3.05, 3.63) is 71.0 Å². The van der Waals surface area contributed by atoms with Crippen LogP contribution in [-0.4, -0.2) is 54.4 Å². The number of fused-ring (bicyclic) bond motifs is 2. The Balaban J connectivity index is 1.40. The summed E-state index contributed by atoms with van der Waals surface area (Å²) in [6.45, 7) is 1.31. The maximum Gasteiger partial charge on any atom is 0.407 e. The summed E-state index contributed by atoms with van der Waals surface area (Å²) in [7, 11) is 0. The third kappa shape index (κ3) is 3.70. The minimum Gasteiger partial charge on any atom is -0.465 e. The van der Waals surface area contributed by atoms with Crippen molar-refractivity contribution in [3.63, 3.8) is 0 Å². The van der Waals surface area contributed by atoms with E-state index in [9.17, 15) is 14.7 Å². The van der Waals surface area contributed by atoms with E-state index in [0.29, 0.717) is 43.5 Å². The van der Waals surface area contributed by atoms with Gasteiger partial charge < -0.3 is 19.7 Å². The maximum atomic E-state index is 13.2. The minimum atomic E-state index is -0.916. The molecule has 31 heavy (non-hydrogen) atoms. The first-order chi connectivity index (χ1) is 15.1. The predicted octanol–water partition coefficient (Wildman–Crippen LogP) is 2.45. The van der Waals surface area contributed by atoms with Gasteiger partial charge in [0.15, 0.2) is 0 Å². The summed E-state index contributed by atoms with van der Waals surface area (Å²) in [6, 6.07) is 11.4. The smallest absolute Gasteiger partial charge is 0.407 e. The van der Waals surface area contributed by atoms with Crippen LogP contribution in [0.2, 0.25) is 0 Å². The number of rotatable bonds is 5. The molecule has 0 aliphatic carbocycles. The Bertz CT molecular complexity index is 1290. The molecular weight excluding hydrogens is 396 g/mol. The summed E-state index contributed by atoms with van der Waals surface area (Å²) in [5.74, 6) is 0. The monoisotopic (exact) mass is 418 g/mol. The molecule has 1 atom stereocenters. The summed E-state index contributed by atoms with van der Waals surface area (Å²) < 4.78 is 3.42. The van der Waals surface area contributed by atoms with Gasteiger partial charge in [-0.25, -0.2) is 14.5 Å². The normalized spacial score (nSPS) is 16.3. The van der Waals surface area contributed by atoms with Crippen molar-refractivity contribution >= 4 is 28.2 Å². The van der Waals surface area contributed by atoms with Crippen LogP contribution >= 0.6 is 0 Å². The third-order valence-corrected chi connectivity index (χ3v) is 5.69. The van der Waals surface area contributed by atoms with Crippen molar-refractivity contribution in [2.24, 2.45) is 0 Å². The molecule has 9 nitrogen and oxygen atoms in total. The number of carboxylic acid groups (broad SMARTS) is 1. The Morgan fingerprint density at radius 3 is 2.94 bits per heavy atom. The van der Waals surface area contributed by atoms with E-state index in [4.69, 9.17) is 0 Å². The highest BCUT2D eigenvalue weighted by Gasteiger charge is 2.26. The highest BCUT2D eigenvalue weighted by Crippen LogP contribution is 2.22. The van der Waals surface area contributed by atoms with E-state index in [-0.39, 0.29) is 11.6 Å². The molecule has 1 amide bonds. The number of likely N-dealkylation sites (tertiary alicyclic amines) is 1. The van der Waals surface area contributed by atoms with Gasteiger partial charge in [0, 0.05) is 49.0 Å². The van der Waals surface area contributed by atoms with E-state index in [0.717, 1.165) is 16.7 Å². The zero-order valence-corrected chi connectivity index (χ0v) is 16.8. The van der Waals surface area contributed by atoms with Gasteiger partial charge in [0.25, 0.3) is 5.56 Å². The molecule has 5 rings (SSSR count). The van der Waals surface area contributed by atoms with E-state index in [2.05, 4.69) is 15.4 Å². The highest BCUT2D eigenvalue weighted by atomic mass is 16.4. The van der Waals surface area contributed by atoms with Crippen LogP contribution in [0.25, 0.3) is 16.4 Å². The predicted molar refractivity (Wildman–Crippen MR) is 117 cm³/mol. The van der Waals surface area contributed by atoms with Crippen LogP contribution in [0.5, 0.6) is 0 Å². The number of nitrogens with zero attached hydrogens (tertiary/aromatic N) is 5. The number of aromatic nitrogens is 4. The number of amides is 1. The fraction of sp³-hybridized carbons (Fsp3) is 0.273. The zero-order valence-electron chi connectivity index (χ0n) is 16.8. The molecule has 3 aromatic heterocycles. The van der Waals surface area contributed by atoms with Crippen molar-refractivity contribution in [3.8, 4) is 0 Å². The standard InChI is InChI=1S/C22H22N6O3/c29-21-20-15(4-3-5-18(20)24-16-7-10-27(14-16)22(30)31)12-23-28(21)11-8-17-13-26-9-2-1-6-19(26)25-17/h1-6,9,12-13,16,24H,7-8,10-11,14H2,(H,30,31)/t16-/m1/s1. The molecule has 0 spiro atoms.